The molecule has 0 N–H and O–H groups in total. The fourth-order valence-corrected chi connectivity index (χ4v) is 6.63. The van der Waals surface area contributed by atoms with Gasteiger partial charge in [-0.3, -0.25) is 0 Å². The van der Waals surface area contributed by atoms with Crippen LogP contribution in [0.25, 0.3) is 0 Å². The summed E-state index contributed by atoms with van der Waals surface area (Å²) in [4.78, 5) is 0. The summed E-state index contributed by atoms with van der Waals surface area (Å²) in [6.07, 6.45) is 34.4. The van der Waals surface area contributed by atoms with Crippen LogP contribution in [-0.2, 0) is 4.74 Å². The lowest BCUT2D eigenvalue weighted by atomic mass is 9.59. The molecular weight excluding hydrogens is 424 g/mol. The van der Waals surface area contributed by atoms with E-state index in [1.807, 2.05) is 0 Å². The number of ether oxygens (including phenoxy) is 1. The van der Waals surface area contributed by atoms with Crippen LogP contribution in [0, 0.1) is 5.41 Å². The van der Waals surface area contributed by atoms with Crippen molar-refractivity contribution in [3.63, 3.8) is 0 Å². The second-order valence-electron chi connectivity index (χ2n) is 11.8. The molecule has 0 saturated heterocycles. The molecule has 1 heteroatoms. The van der Waals surface area contributed by atoms with Crippen molar-refractivity contribution < 1.29 is 4.74 Å². The highest BCUT2D eigenvalue weighted by molar-refractivity contribution is 5.00. The van der Waals surface area contributed by atoms with Gasteiger partial charge in [-0.25, -0.2) is 0 Å². The SMILES string of the molecule is CCCCCCC(CCCCCC)(CCCCCC)C(CCCCCC)(CCCCCC)OCC. The van der Waals surface area contributed by atoms with Crippen LogP contribution >= 0.6 is 0 Å². The van der Waals surface area contributed by atoms with Crippen LogP contribution in [0.2, 0.25) is 0 Å². The van der Waals surface area contributed by atoms with Gasteiger partial charge in [0.15, 0.2) is 0 Å². The van der Waals surface area contributed by atoms with Crippen molar-refractivity contribution in [1.82, 2.24) is 0 Å². The highest BCUT2D eigenvalue weighted by Gasteiger charge is 2.49. The van der Waals surface area contributed by atoms with Crippen LogP contribution in [-0.4, -0.2) is 12.2 Å². The Morgan fingerprint density at radius 2 is 0.629 bits per heavy atom. The van der Waals surface area contributed by atoms with Gasteiger partial charge in [-0.1, -0.05) is 163 Å². The molecule has 0 aliphatic heterocycles. The first kappa shape index (κ1) is 35.0. The van der Waals surface area contributed by atoms with Gasteiger partial charge in [0.25, 0.3) is 0 Å². The Kier molecular flexibility index (Phi) is 24.3. The first-order valence-corrected chi connectivity index (χ1v) is 16.8. The van der Waals surface area contributed by atoms with E-state index in [2.05, 4.69) is 41.5 Å². The molecule has 212 valence electrons. The number of unbranched alkanes of at least 4 members (excludes halogenated alkanes) is 15. The maximum Gasteiger partial charge on any atom is 0.0738 e. The average molecular weight is 495 g/mol. The van der Waals surface area contributed by atoms with E-state index in [4.69, 9.17) is 4.74 Å². The third-order valence-corrected chi connectivity index (χ3v) is 8.78. The van der Waals surface area contributed by atoms with Crippen molar-refractivity contribution in [1.29, 1.82) is 0 Å². The first-order chi connectivity index (χ1) is 17.1. The largest absolute Gasteiger partial charge is 0.375 e. The summed E-state index contributed by atoms with van der Waals surface area (Å²) in [6, 6.07) is 0. The Labute approximate surface area is 224 Å². The molecule has 0 aliphatic carbocycles. The maximum absolute atomic E-state index is 7.13. The summed E-state index contributed by atoms with van der Waals surface area (Å²) >= 11 is 0. The molecular formula is C34H70O. The van der Waals surface area contributed by atoms with Crippen LogP contribution in [0.1, 0.15) is 202 Å². The van der Waals surface area contributed by atoms with Crippen LogP contribution < -0.4 is 0 Å². The molecule has 0 aliphatic rings. The highest BCUT2D eigenvalue weighted by atomic mass is 16.5. The summed E-state index contributed by atoms with van der Waals surface area (Å²) < 4.78 is 7.13. The second kappa shape index (κ2) is 24.3. The molecule has 35 heavy (non-hydrogen) atoms. The molecule has 0 rings (SSSR count). The number of rotatable bonds is 28. The molecule has 0 radical (unpaired) electrons. The molecule has 0 fully saturated rings. The zero-order chi connectivity index (χ0) is 26.1. The van der Waals surface area contributed by atoms with Gasteiger partial charge < -0.3 is 4.74 Å². The lowest BCUT2D eigenvalue weighted by Crippen LogP contribution is -2.51. The summed E-state index contributed by atoms with van der Waals surface area (Å²) in [5, 5.41) is 0. The molecule has 0 unspecified atom stereocenters. The predicted octanol–water partition coefficient (Wildman–Crippen LogP) is 12.6. The Bertz CT molecular complexity index is 372. The van der Waals surface area contributed by atoms with Crippen LogP contribution in [0.5, 0.6) is 0 Å². The standard InChI is InChI=1S/C34H70O/c1-7-13-18-23-28-33(29-24-19-14-8-2,30-25-20-15-9-3)34(35-12-6,31-26-21-16-10-4)32-27-22-17-11-5/h7-32H2,1-6H3. The summed E-state index contributed by atoms with van der Waals surface area (Å²) in [5.41, 5.74) is 0.491. The third kappa shape index (κ3) is 15.1. The van der Waals surface area contributed by atoms with E-state index in [1.54, 1.807) is 0 Å². The quantitative estimate of drug-likeness (QED) is 0.0982. The molecule has 0 aromatic heterocycles. The molecule has 0 spiro atoms. The fraction of sp³-hybridized carbons (Fsp3) is 1.00. The van der Waals surface area contributed by atoms with Crippen molar-refractivity contribution in [2.75, 3.05) is 6.61 Å². The summed E-state index contributed by atoms with van der Waals surface area (Å²) in [5.74, 6) is 0. The first-order valence-electron chi connectivity index (χ1n) is 16.8. The second-order valence-corrected chi connectivity index (χ2v) is 11.8. The molecule has 0 amide bonds. The van der Waals surface area contributed by atoms with E-state index < -0.39 is 0 Å². The van der Waals surface area contributed by atoms with E-state index in [1.165, 1.54) is 161 Å². The highest BCUT2D eigenvalue weighted by Crippen LogP contribution is 2.53. The van der Waals surface area contributed by atoms with E-state index in [9.17, 15) is 0 Å². The number of hydrogen-bond donors (Lipinski definition) is 0. The van der Waals surface area contributed by atoms with Crippen molar-refractivity contribution in [3.8, 4) is 0 Å². The van der Waals surface area contributed by atoms with Gasteiger partial charge >= 0.3 is 0 Å². The lowest BCUT2D eigenvalue weighted by Gasteiger charge is -2.52. The molecule has 0 aromatic carbocycles. The third-order valence-electron chi connectivity index (χ3n) is 8.78. The van der Waals surface area contributed by atoms with E-state index in [-0.39, 0.29) is 5.60 Å². The van der Waals surface area contributed by atoms with Crippen molar-refractivity contribution >= 4 is 0 Å². The van der Waals surface area contributed by atoms with Crippen molar-refractivity contribution in [2.45, 2.75) is 208 Å². The molecule has 0 bridgehead atoms. The molecule has 0 heterocycles. The monoisotopic (exact) mass is 495 g/mol. The van der Waals surface area contributed by atoms with Gasteiger partial charge in [0.05, 0.1) is 5.60 Å². The average Bonchev–Trinajstić information content (AvgIpc) is 2.87. The van der Waals surface area contributed by atoms with Gasteiger partial charge in [0.2, 0.25) is 0 Å². The zero-order valence-electron chi connectivity index (χ0n) is 25.8. The summed E-state index contributed by atoms with van der Waals surface area (Å²) in [6.45, 7) is 14.9. The van der Waals surface area contributed by atoms with Gasteiger partial charge in [0.1, 0.15) is 0 Å². The smallest absolute Gasteiger partial charge is 0.0738 e. The van der Waals surface area contributed by atoms with Gasteiger partial charge in [0, 0.05) is 6.61 Å². The van der Waals surface area contributed by atoms with Crippen LogP contribution in [0.15, 0.2) is 0 Å². The number of hydrogen-bond acceptors (Lipinski definition) is 1. The van der Waals surface area contributed by atoms with E-state index in [0.717, 1.165) is 6.61 Å². The van der Waals surface area contributed by atoms with Crippen LogP contribution in [0.4, 0.5) is 0 Å². The fourth-order valence-electron chi connectivity index (χ4n) is 6.63. The minimum atomic E-state index is 0.105. The Balaban J connectivity index is 6.10. The minimum Gasteiger partial charge on any atom is -0.375 e. The van der Waals surface area contributed by atoms with Gasteiger partial charge in [-0.2, -0.15) is 0 Å². The Morgan fingerprint density at radius 1 is 0.343 bits per heavy atom. The molecule has 0 atom stereocenters. The maximum atomic E-state index is 7.13. The normalized spacial score (nSPS) is 12.5. The molecule has 0 saturated carbocycles. The molecule has 1 nitrogen and oxygen atoms in total. The van der Waals surface area contributed by atoms with Gasteiger partial charge in [-0.05, 0) is 44.4 Å². The topological polar surface area (TPSA) is 9.23 Å². The van der Waals surface area contributed by atoms with Gasteiger partial charge in [-0.15, -0.1) is 0 Å². The predicted molar refractivity (Wildman–Crippen MR) is 161 cm³/mol. The van der Waals surface area contributed by atoms with Crippen molar-refractivity contribution in [2.24, 2.45) is 5.41 Å². The lowest BCUT2D eigenvalue weighted by molar-refractivity contribution is -0.158. The molecule has 0 aromatic rings. The van der Waals surface area contributed by atoms with E-state index in [0.29, 0.717) is 5.41 Å². The minimum absolute atomic E-state index is 0.105. The van der Waals surface area contributed by atoms with Crippen molar-refractivity contribution in [3.05, 3.63) is 0 Å². The van der Waals surface area contributed by atoms with E-state index >= 15 is 0 Å². The zero-order valence-corrected chi connectivity index (χ0v) is 25.8. The summed E-state index contributed by atoms with van der Waals surface area (Å²) in [7, 11) is 0. The van der Waals surface area contributed by atoms with Crippen LogP contribution in [0.3, 0.4) is 0 Å². The Hall–Kier alpha value is -0.0400. The Morgan fingerprint density at radius 3 is 0.886 bits per heavy atom.